The predicted molar refractivity (Wildman–Crippen MR) is 192 cm³/mol. The van der Waals surface area contributed by atoms with E-state index in [1.165, 1.54) is 5.56 Å². The summed E-state index contributed by atoms with van der Waals surface area (Å²) in [6.07, 6.45) is 0. The SMILES string of the molecule is c1ccc(-c2ccc(-c3nc(-c4ccccc4)nc(-c4cc5c(oc6cccc(-c7ccccc7)c65)c5ccccc45)n3)cc2)cc1. The lowest BCUT2D eigenvalue weighted by atomic mass is 9.96. The molecular formula is C43H27N3O. The molecule has 2 heterocycles. The van der Waals surface area contributed by atoms with Crippen LogP contribution in [0.15, 0.2) is 168 Å². The molecule has 2 aromatic heterocycles. The number of hydrogen-bond donors (Lipinski definition) is 0. The minimum atomic E-state index is 0.616. The second-order valence-electron chi connectivity index (χ2n) is 11.6. The summed E-state index contributed by atoms with van der Waals surface area (Å²) in [6.45, 7) is 0. The molecule has 0 spiro atoms. The Labute approximate surface area is 271 Å². The first-order chi connectivity index (χ1) is 23.3. The molecule has 9 rings (SSSR count). The standard InChI is InChI=1S/C43H27N3O/c1-4-13-28(14-5-1)29-23-25-32(26-24-29)42-44-41(31-17-8-3-9-18-31)45-43(46-42)36-27-37-39-33(30-15-6-2-7-16-30)21-12-22-38(39)47-40(37)35-20-11-10-19-34(35)36/h1-27H. The van der Waals surface area contributed by atoms with Crippen molar-refractivity contribution in [3.05, 3.63) is 164 Å². The molecule has 7 aromatic carbocycles. The topological polar surface area (TPSA) is 51.8 Å². The molecule has 0 aliphatic rings. The van der Waals surface area contributed by atoms with Crippen molar-refractivity contribution in [2.75, 3.05) is 0 Å². The fraction of sp³-hybridized carbons (Fsp3) is 0. The quantitative estimate of drug-likeness (QED) is 0.197. The van der Waals surface area contributed by atoms with Crippen molar-refractivity contribution in [3.63, 3.8) is 0 Å². The molecule has 0 unspecified atom stereocenters. The summed E-state index contributed by atoms with van der Waals surface area (Å²) in [5.41, 5.74) is 9.08. The van der Waals surface area contributed by atoms with Crippen LogP contribution in [0.4, 0.5) is 0 Å². The predicted octanol–water partition coefficient (Wildman–Crippen LogP) is 11.3. The van der Waals surface area contributed by atoms with Crippen LogP contribution in [0.2, 0.25) is 0 Å². The lowest BCUT2D eigenvalue weighted by Crippen LogP contribution is -2.00. The summed E-state index contributed by atoms with van der Waals surface area (Å²) >= 11 is 0. The maximum Gasteiger partial charge on any atom is 0.164 e. The van der Waals surface area contributed by atoms with E-state index in [-0.39, 0.29) is 0 Å². The lowest BCUT2D eigenvalue weighted by Gasteiger charge is -2.11. The first-order valence-corrected chi connectivity index (χ1v) is 15.7. The fourth-order valence-electron chi connectivity index (χ4n) is 6.48. The normalized spacial score (nSPS) is 11.4. The van der Waals surface area contributed by atoms with Crippen molar-refractivity contribution in [1.29, 1.82) is 0 Å². The van der Waals surface area contributed by atoms with E-state index < -0.39 is 0 Å². The smallest absolute Gasteiger partial charge is 0.164 e. The Bertz CT molecular complexity index is 2540. The van der Waals surface area contributed by atoms with Gasteiger partial charge in [0.15, 0.2) is 17.5 Å². The Kier molecular flexibility index (Phi) is 6.43. The van der Waals surface area contributed by atoms with Gasteiger partial charge in [0.2, 0.25) is 0 Å². The highest BCUT2D eigenvalue weighted by Crippen LogP contribution is 2.42. The van der Waals surface area contributed by atoms with Gasteiger partial charge >= 0.3 is 0 Å². The Morgan fingerprint density at radius 3 is 1.53 bits per heavy atom. The second-order valence-corrected chi connectivity index (χ2v) is 11.6. The van der Waals surface area contributed by atoms with Gasteiger partial charge in [0.1, 0.15) is 11.2 Å². The van der Waals surface area contributed by atoms with Gasteiger partial charge in [-0.05, 0) is 39.8 Å². The van der Waals surface area contributed by atoms with E-state index in [2.05, 4.69) is 115 Å². The number of hydrogen-bond acceptors (Lipinski definition) is 4. The van der Waals surface area contributed by atoms with Crippen LogP contribution in [0, 0.1) is 0 Å². The maximum absolute atomic E-state index is 6.60. The van der Waals surface area contributed by atoms with Gasteiger partial charge in [-0.15, -0.1) is 0 Å². The van der Waals surface area contributed by atoms with Crippen molar-refractivity contribution in [2.45, 2.75) is 0 Å². The lowest BCUT2D eigenvalue weighted by molar-refractivity contribution is 0.673. The van der Waals surface area contributed by atoms with Crippen molar-refractivity contribution >= 4 is 32.7 Å². The summed E-state index contributed by atoms with van der Waals surface area (Å²) < 4.78 is 6.60. The van der Waals surface area contributed by atoms with E-state index in [4.69, 9.17) is 19.4 Å². The summed E-state index contributed by atoms with van der Waals surface area (Å²) in [5, 5.41) is 4.15. The van der Waals surface area contributed by atoms with E-state index in [0.29, 0.717) is 17.5 Å². The molecule has 0 amide bonds. The highest BCUT2D eigenvalue weighted by molar-refractivity contribution is 6.21. The molecule has 0 aliphatic carbocycles. The maximum atomic E-state index is 6.60. The molecule has 0 bridgehead atoms. The molecule has 0 fully saturated rings. The number of fused-ring (bicyclic) bond motifs is 5. The minimum Gasteiger partial charge on any atom is -0.455 e. The van der Waals surface area contributed by atoms with Crippen LogP contribution in [0.1, 0.15) is 0 Å². The van der Waals surface area contributed by atoms with Gasteiger partial charge in [-0.25, -0.2) is 15.0 Å². The van der Waals surface area contributed by atoms with Crippen molar-refractivity contribution < 1.29 is 4.42 Å². The monoisotopic (exact) mass is 601 g/mol. The third kappa shape index (κ3) is 4.75. The van der Waals surface area contributed by atoms with Crippen LogP contribution in [-0.2, 0) is 0 Å². The zero-order valence-electron chi connectivity index (χ0n) is 25.3. The number of furan rings is 1. The molecule has 0 saturated carbocycles. The summed E-state index contributed by atoms with van der Waals surface area (Å²) in [7, 11) is 0. The molecule has 0 aliphatic heterocycles. The second kappa shape index (κ2) is 11.2. The van der Waals surface area contributed by atoms with Crippen LogP contribution in [0.3, 0.4) is 0 Å². The molecule has 0 atom stereocenters. The molecule has 0 saturated heterocycles. The van der Waals surface area contributed by atoms with Gasteiger partial charge in [-0.1, -0.05) is 152 Å². The first-order valence-electron chi connectivity index (χ1n) is 15.7. The highest BCUT2D eigenvalue weighted by Gasteiger charge is 2.20. The van der Waals surface area contributed by atoms with Gasteiger partial charge in [0.25, 0.3) is 0 Å². The van der Waals surface area contributed by atoms with Gasteiger partial charge in [-0.2, -0.15) is 0 Å². The molecule has 47 heavy (non-hydrogen) atoms. The van der Waals surface area contributed by atoms with E-state index in [9.17, 15) is 0 Å². The Morgan fingerprint density at radius 1 is 0.340 bits per heavy atom. The van der Waals surface area contributed by atoms with Crippen LogP contribution >= 0.6 is 0 Å². The van der Waals surface area contributed by atoms with Crippen LogP contribution in [-0.4, -0.2) is 15.0 Å². The Balaban J connectivity index is 1.30. The summed E-state index contributed by atoms with van der Waals surface area (Å²) in [5.74, 6) is 1.87. The molecule has 4 nitrogen and oxygen atoms in total. The summed E-state index contributed by atoms with van der Waals surface area (Å²) in [6, 6.07) is 56.2. The van der Waals surface area contributed by atoms with Crippen molar-refractivity contribution in [1.82, 2.24) is 15.0 Å². The largest absolute Gasteiger partial charge is 0.455 e. The molecule has 220 valence electrons. The third-order valence-electron chi connectivity index (χ3n) is 8.75. The Morgan fingerprint density at radius 2 is 0.851 bits per heavy atom. The van der Waals surface area contributed by atoms with E-state index in [1.807, 2.05) is 48.5 Å². The first kappa shape index (κ1) is 27.0. The van der Waals surface area contributed by atoms with Crippen molar-refractivity contribution in [3.8, 4) is 56.4 Å². The minimum absolute atomic E-state index is 0.616. The van der Waals surface area contributed by atoms with Crippen LogP contribution in [0.25, 0.3) is 89.1 Å². The molecule has 0 N–H and O–H groups in total. The van der Waals surface area contributed by atoms with E-state index in [0.717, 1.165) is 66.1 Å². The molecular weight excluding hydrogens is 574 g/mol. The van der Waals surface area contributed by atoms with E-state index >= 15 is 0 Å². The molecule has 9 aromatic rings. The number of aromatic nitrogens is 3. The Hall–Kier alpha value is -6.39. The average Bonchev–Trinajstić information content (AvgIpc) is 3.55. The van der Waals surface area contributed by atoms with Gasteiger partial charge in [-0.3, -0.25) is 0 Å². The van der Waals surface area contributed by atoms with Crippen molar-refractivity contribution in [2.24, 2.45) is 0 Å². The van der Waals surface area contributed by atoms with Gasteiger partial charge in [0, 0.05) is 32.8 Å². The highest BCUT2D eigenvalue weighted by atomic mass is 16.3. The molecule has 4 heteroatoms. The van der Waals surface area contributed by atoms with Gasteiger partial charge < -0.3 is 4.42 Å². The third-order valence-corrected chi connectivity index (χ3v) is 8.75. The zero-order valence-corrected chi connectivity index (χ0v) is 25.3. The van der Waals surface area contributed by atoms with E-state index in [1.54, 1.807) is 0 Å². The number of nitrogens with zero attached hydrogens (tertiary/aromatic N) is 3. The van der Waals surface area contributed by atoms with Crippen LogP contribution in [0.5, 0.6) is 0 Å². The number of rotatable bonds is 5. The average molecular weight is 602 g/mol. The zero-order chi connectivity index (χ0) is 31.2. The van der Waals surface area contributed by atoms with Crippen LogP contribution < -0.4 is 0 Å². The van der Waals surface area contributed by atoms with Gasteiger partial charge in [0.05, 0.1) is 0 Å². The number of benzene rings is 7. The molecule has 0 radical (unpaired) electrons. The summed E-state index contributed by atoms with van der Waals surface area (Å²) in [4.78, 5) is 15.3. The fourth-order valence-corrected chi connectivity index (χ4v) is 6.48.